The topological polar surface area (TPSA) is 49.8 Å². The predicted molar refractivity (Wildman–Crippen MR) is 101 cm³/mol. The summed E-state index contributed by atoms with van der Waals surface area (Å²) >= 11 is 0. The van der Waals surface area contributed by atoms with Crippen LogP contribution in [0.5, 0.6) is 11.5 Å². The Balaban J connectivity index is 1.57. The van der Waals surface area contributed by atoms with E-state index in [1.165, 1.54) is 11.1 Å². The van der Waals surface area contributed by atoms with Crippen LogP contribution in [0.4, 0.5) is 0 Å². The molecule has 4 nitrogen and oxygen atoms in total. The van der Waals surface area contributed by atoms with Crippen LogP contribution in [0.2, 0.25) is 0 Å². The molecule has 2 aliphatic rings. The third kappa shape index (κ3) is 3.05. The summed E-state index contributed by atoms with van der Waals surface area (Å²) in [6.45, 7) is 4.01. The molecule has 4 heteroatoms. The van der Waals surface area contributed by atoms with Gasteiger partial charge in [-0.15, -0.1) is 0 Å². The number of rotatable bonds is 3. The van der Waals surface area contributed by atoms with E-state index >= 15 is 0 Å². The number of amides is 1. The van der Waals surface area contributed by atoms with Crippen molar-refractivity contribution in [1.29, 1.82) is 0 Å². The minimum absolute atomic E-state index is 0.137. The number of aromatic hydroxyl groups is 1. The third-order valence-electron chi connectivity index (χ3n) is 5.59. The van der Waals surface area contributed by atoms with E-state index in [1.54, 1.807) is 6.07 Å². The van der Waals surface area contributed by atoms with Gasteiger partial charge in [0.2, 0.25) is 5.91 Å². The van der Waals surface area contributed by atoms with Crippen LogP contribution >= 0.6 is 0 Å². The Labute approximate surface area is 154 Å². The van der Waals surface area contributed by atoms with E-state index in [2.05, 4.69) is 12.1 Å². The third-order valence-corrected chi connectivity index (χ3v) is 5.59. The Morgan fingerprint density at radius 1 is 1.23 bits per heavy atom. The van der Waals surface area contributed by atoms with Gasteiger partial charge in [0.1, 0.15) is 11.5 Å². The number of nitrogens with zero attached hydrogens (tertiary/aromatic N) is 1. The molecule has 0 radical (unpaired) electrons. The van der Waals surface area contributed by atoms with E-state index in [0.29, 0.717) is 18.9 Å². The van der Waals surface area contributed by atoms with Crippen molar-refractivity contribution in [3.05, 3.63) is 58.7 Å². The zero-order chi connectivity index (χ0) is 18.1. The number of hydrogen-bond acceptors (Lipinski definition) is 3. The predicted octanol–water partition coefficient (Wildman–Crippen LogP) is 3.80. The molecule has 4 rings (SSSR count). The van der Waals surface area contributed by atoms with Crippen molar-refractivity contribution in [2.45, 2.75) is 45.1 Å². The molecule has 1 amide bonds. The van der Waals surface area contributed by atoms with Crippen molar-refractivity contribution < 1.29 is 14.6 Å². The number of ether oxygens (including phenoxy) is 1. The molecule has 1 aliphatic heterocycles. The largest absolute Gasteiger partial charge is 0.508 e. The van der Waals surface area contributed by atoms with Crippen LogP contribution in [0.1, 0.15) is 47.9 Å². The molecule has 2 aromatic carbocycles. The number of phenols is 1. The lowest BCUT2D eigenvalue weighted by atomic mass is 9.81. The van der Waals surface area contributed by atoms with Crippen LogP contribution < -0.4 is 4.74 Å². The van der Waals surface area contributed by atoms with Gasteiger partial charge in [0.15, 0.2) is 0 Å². The molecule has 136 valence electrons. The summed E-state index contributed by atoms with van der Waals surface area (Å²) in [6, 6.07) is 11.8. The fourth-order valence-electron chi connectivity index (χ4n) is 4.28. The highest BCUT2D eigenvalue weighted by Crippen LogP contribution is 2.38. The summed E-state index contributed by atoms with van der Waals surface area (Å²) in [5, 5.41) is 10.1. The lowest BCUT2D eigenvalue weighted by Gasteiger charge is -2.34. The fraction of sp³-hybridized carbons (Fsp3) is 0.409. The first-order chi connectivity index (χ1) is 12.7. The maximum absolute atomic E-state index is 13.3. The first-order valence-electron chi connectivity index (χ1n) is 9.51. The molecular weight excluding hydrogens is 326 g/mol. The molecule has 0 saturated heterocycles. The quantitative estimate of drug-likeness (QED) is 0.915. The molecule has 0 bridgehead atoms. The van der Waals surface area contributed by atoms with Gasteiger partial charge in [0.05, 0.1) is 12.5 Å². The monoisotopic (exact) mass is 351 g/mol. The Hall–Kier alpha value is -2.49. The molecule has 1 atom stereocenters. The van der Waals surface area contributed by atoms with Crippen LogP contribution in [0.25, 0.3) is 0 Å². The summed E-state index contributed by atoms with van der Waals surface area (Å²) in [5.74, 6) is 1.24. The summed E-state index contributed by atoms with van der Waals surface area (Å²) < 4.78 is 5.61. The molecular formula is C22H25NO3. The van der Waals surface area contributed by atoms with Crippen molar-refractivity contribution in [1.82, 2.24) is 4.90 Å². The second-order valence-electron chi connectivity index (χ2n) is 7.16. The highest BCUT2D eigenvalue weighted by molar-refractivity contribution is 5.85. The molecule has 0 saturated carbocycles. The maximum Gasteiger partial charge on any atom is 0.230 e. The fourth-order valence-corrected chi connectivity index (χ4v) is 4.28. The van der Waals surface area contributed by atoms with Gasteiger partial charge in [-0.1, -0.05) is 18.2 Å². The zero-order valence-corrected chi connectivity index (χ0v) is 15.2. The SMILES string of the molecule is CCOc1ccc2c(c1)CN(C(=O)C1CCCc3c(O)cccc31)CC2. The maximum atomic E-state index is 13.3. The van der Waals surface area contributed by atoms with Gasteiger partial charge >= 0.3 is 0 Å². The van der Waals surface area contributed by atoms with Gasteiger partial charge < -0.3 is 14.7 Å². The second-order valence-corrected chi connectivity index (χ2v) is 7.16. The zero-order valence-electron chi connectivity index (χ0n) is 15.2. The highest BCUT2D eigenvalue weighted by atomic mass is 16.5. The Kier molecular flexibility index (Phi) is 4.58. The van der Waals surface area contributed by atoms with E-state index in [1.807, 2.05) is 30.0 Å². The smallest absolute Gasteiger partial charge is 0.230 e. The summed E-state index contributed by atoms with van der Waals surface area (Å²) in [7, 11) is 0. The van der Waals surface area contributed by atoms with E-state index in [9.17, 15) is 9.90 Å². The number of hydrogen-bond donors (Lipinski definition) is 1. The number of carbonyl (C=O) groups excluding carboxylic acids is 1. The summed E-state index contributed by atoms with van der Waals surface area (Å²) in [6.07, 6.45) is 3.54. The van der Waals surface area contributed by atoms with E-state index < -0.39 is 0 Å². The number of fused-ring (bicyclic) bond motifs is 2. The second kappa shape index (κ2) is 7.02. The van der Waals surface area contributed by atoms with Gasteiger partial charge in [-0.3, -0.25) is 4.79 Å². The molecule has 26 heavy (non-hydrogen) atoms. The van der Waals surface area contributed by atoms with Crippen molar-refractivity contribution in [3.8, 4) is 11.5 Å². The molecule has 0 fully saturated rings. The van der Waals surface area contributed by atoms with Crippen molar-refractivity contribution in [3.63, 3.8) is 0 Å². The van der Waals surface area contributed by atoms with Crippen LogP contribution in [0.15, 0.2) is 36.4 Å². The number of benzene rings is 2. The van der Waals surface area contributed by atoms with Crippen molar-refractivity contribution in [2.24, 2.45) is 0 Å². The molecule has 0 spiro atoms. The number of phenolic OH excluding ortho intramolecular Hbond substituents is 1. The average molecular weight is 351 g/mol. The first kappa shape index (κ1) is 17.0. The molecule has 1 N–H and O–H groups in total. The van der Waals surface area contributed by atoms with Crippen molar-refractivity contribution >= 4 is 5.91 Å². The van der Waals surface area contributed by atoms with Crippen molar-refractivity contribution in [2.75, 3.05) is 13.2 Å². The van der Waals surface area contributed by atoms with Crippen LogP contribution in [0.3, 0.4) is 0 Å². The van der Waals surface area contributed by atoms with Gasteiger partial charge in [0, 0.05) is 13.1 Å². The lowest BCUT2D eigenvalue weighted by Crippen LogP contribution is -2.39. The van der Waals surface area contributed by atoms with Gasteiger partial charge in [-0.25, -0.2) is 0 Å². The number of carbonyl (C=O) groups is 1. The highest BCUT2D eigenvalue weighted by Gasteiger charge is 2.32. The summed E-state index contributed by atoms with van der Waals surface area (Å²) in [4.78, 5) is 15.2. The minimum atomic E-state index is -0.137. The van der Waals surface area contributed by atoms with E-state index in [0.717, 1.165) is 49.1 Å². The molecule has 1 unspecified atom stereocenters. The van der Waals surface area contributed by atoms with Gasteiger partial charge in [-0.05, 0) is 73.1 Å². The van der Waals surface area contributed by atoms with E-state index in [-0.39, 0.29) is 11.8 Å². The average Bonchev–Trinajstić information content (AvgIpc) is 2.67. The minimum Gasteiger partial charge on any atom is -0.508 e. The standard InChI is InChI=1S/C22H25NO3/c1-2-26-17-10-9-15-11-12-23(14-16(15)13-17)22(25)20-7-3-6-19-18(20)5-4-8-21(19)24/h4-5,8-10,13,20,24H,2-3,6-7,11-12,14H2,1H3. The Morgan fingerprint density at radius 3 is 2.96 bits per heavy atom. The lowest BCUT2D eigenvalue weighted by molar-refractivity contribution is -0.134. The molecule has 1 aliphatic carbocycles. The first-order valence-corrected chi connectivity index (χ1v) is 9.51. The summed E-state index contributed by atoms with van der Waals surface area (Å²) in [5.41, 5.74) is 4.45. The van der Waals surface area contributed by atoms with Crippen LogP contribution in [-0.2, 0) is 24.2 Å². The molecule has 2 aromatic rings. The normalized spacial score (nSPS) is 18.8. The Morgan fingerprint density at radius 2 is 2.12 bits per heavy atom. The van der Waals surface area contributed by atoms with Crippen LogP contribution in [-0.4, -0.2) is 29.1 Å². The molecule has 0 aromatic heterocycles. The Bertz CT molecular complexity index is 830. The molecule has 1 heterocycles. The van der Waals surface area contributed by atoms with Gasteiger partial charge in [0.25, 0.3) is 0 Å². The van der Waals surface area contributed by atoms with Crippen LogP contribution in [0, 0.1) is 0 Å². The van der Waals surface area contributed by atoms with Gasteiger partial charge in [-0.2, -0.15) is 0 Å². The van der Waals surface area contributed by atoms with E-state index in [4.69, 9.17) is 4.74 Å².